The van der Waals surface area contributed by atoms with Crippen LogP contribution in [0.3, 0.4) is 0 Å². The molecule has 4 heteroatoms. The lowest BCUT2D eigenvalue weighted by molar-refractivity contribution is 0.399. The first-order valence-electron chi connectivity index (χ1n) is 6.01. The van der Waals surface area contributed by atoms with Gasteiger partial charge in [0, 0.05) is 16.3 Å². The van der Waals surface area contributed by atoms with E-state index < -0.39 is 10.8 Å². The summed E-state index contributed by atoms with van der Waals surface area (Å²) in [5, 5.41) is 9.48. The van der Waals surface area contributed by atoms with E-state index in [1.54, 1.807) is 24.3 Å². The van der Waals surface area contributed by atoms with Crippen molar-refractivity contribution in [2.45, 2.75) is 16.3 Å². The standard InChI is InChI=1S/C15H17NO2S/c1-16(2)11-12-6-3-4-9-15(12)19(18)14-8-5-7-13(17)10-14/h3-10,17H,11H2,1-2H3. The lowest BCUT2D eigenvalue weighted by Gasteiger charge is -2.13. The van der Waals surface area contributed by atoms with E-state index in [9.17, 15) is 9.32 Å². The number of benzene rings is 2. The minimum absolute atomic E-state index is 0.135. The van der Waals surface area contributed by atoms with Crippen LogP contribution in [-0.2, 0) is 17.3 Å². The van der Waals surface area contributed by atoms with Crippen LogP contribution in [0.15, 0.2) is 58.3 Å². The summed E-state index contributed by atoms with van der Waals surface area (Å²) in [6.07, 6.45) is 0. The fourth-order valence-corrected chi connectivity index (χ4v) is 3.14. The molecule has 0 aromatic heterocycles. The fourth-order valence-electron chi connectivity index (χ4n) is 1.88. The average molecular weight is 275 g/mol. The Morgan fingerprint density at radius 2 is 1.84 bits per heavy atom. The maximum absolute atomic E-state index is 12.6. The van der Waals surface area contributed by atoms with Crippen molar-refractivity contribution in [3.05, 3.63) is 54.1 Å². The number of aromatic hydroxyl groups is 1. The van der Waals surface area contributed by atoms with Crippen molar-refractivity contribution in [2.24, 2.45) is 0 Å². The Labute approximate surface area is 116 Å². The molecule has 2 aromatic rings. The van der Waals surface area contributed by atoms with Crippen molar-refractivity contribution in [1.29, 1.82) is 0 Å². The second kappa shape index (κ2) is 5.99. The molecular formula is C15H17NO2S. The van der Waals surface area contributed by atoms with Crippen molar-refractivity contribution in [3.63, 3.8) is 0 Å². The number of phenols is 1. The van der Waals surface area contributed by atoms with E-state index in [0.29, 0.717) is 4.90 Å². The van der Waals surface area contributed by atoms with Gasteiger partial charge in [-0.05, 0) is 43.9 Å². The molecule has 3 nitrogen and oxygen atoms in total. The zero-order valence-electron chi connectivity index (χ0n) is 11.0. The van der Waals surface area contributed by atoms with Crippen LogP contribution in [0.5, 0.6) is 5.75 Å². The molecule has 100 valence electrons. The Bertz CT molecular complexity index is 596. The van der Waals surface area contributed by atoms with Crippen LogP contribution in [0, 0.1) is 0 Å². The van der Waals surface area contributed by atoms with Gasteiger partial charge in [0.25, 0.3) is 0 Å². The Balaban J connectivity index is 2.39. The summed E-state index contributed by atoms with van der Waals surface area (Å²) < 4.78 is 12.6. The molecule has 0 saturated heterocycles. The molecule has 0 amide bonds. The predicted octanol–water partition coefficient (Wildman–Crippen LogP) is 2.62. The molecule has 0 aliphatic heterocycles. The van der Waals surface area contributed by atoms with Crippen LogP contribution < -0.4 is 0 Å². The van der Waals surface area contributed by atoms with Crippen LogP contribution >= 0.6 is 0 Å². The zero-order chi connectivity index (χ0) is 13.8. The van der Waals surface area contributed by atoms with Crippen LogP contribution in [-0.4, -0.2) is 28.3 Å². The van der Waals surface area contributed by atoms with Crippen LogP contribution in [0.1, 0.15) is 5.56 Å². The number of phenolic OH excluding ortho intramolecular Hbond substituents is 1. The molecule has 19 heavy (non-hydrogen) atoms. The summed E-state index contributed by atoms with van der Waals surface area (Å²) in [7, 11) is 2.69. The van der Waals surface area contributed by atoms with Crippen LogP contribution in [0.2, 0.25) is 0 Å². The monoisotopic (exact) mass is 275 g/mol. The van der Waals surface area contributed by atoms with Gasteiger partial charge in [-0.3, -0.25) is 0 Å². The zero-order valence-corrected chi connectivity index (χ0v) is 11.9. The summed E-state index contributed by atoms with van der Waals surface area (Å²) in [6, 6.07) is 14.3. The Hall–Kier alpha value is -1.65. The highest BCUT2D eigenvalue weighted by atomic mass is 32.2. The molecule has 0 aliphatic rings. The minimum Gasteiger partial charge on any atom is -0.508 e. The van der Waals surface area contributed by atoms with Crippen LogP contribution in [0.25, 0.3) is 0 Å². The maximum atomic E-state index is 12.6. The topological polar surface area (TPSA) is 40.5 Å². The molecule has 2 rings (SSSR count). The third kappa shape index (κ3) is 3.43. The summed E-state index contributed by atoms with van der Waals surface area (Å²) in [5.41, 5.74) is 1.04. The molecule has 1 unspecified atom stereocenters. The lowest BCUT2D eigenvalue weighted by Crippen LogP contribution is -2.12. The van der Waals surface area contributed by atoms with Gasteiger partial charge in [-0.25, -0.2) is 4.21 Å². The first-order valence-corrected chi connectivity index (χ1v) is 7.16. The molecule has 0 saturated carbocycles. The van der Waals surface area contributed by atoms with E-state index in [1.807, 2.05) is 43.3 Å². The van der Waals surface area contributed by atoms with Gasteiger partial charge in [-0.15, -0.1) is 0 Å². The minimum atomic E-state index is -1.27. The summed E-state index contributed by atoms with van der Waals surface area (Å²) in [5.74, 6) is 0.135. The third-order valence-electron chi connectivity index (χ3n) is 2.69. The molecule has 0 bridgehead atoms. The second-order valence-electron chi connectivity index (χ2n) is 4.61. The third-order valence-corrected chi connectivity index (χ3v) is 4.17. The van der Waals surface area contributed by atoms with E-state index in [0.717, 1.165) is 17.0 Å². The van der Waals surface area contributed by atoms with Gasteiger partial charge >= 0.3 is 0 Å². The van der Waals surface area contributed by atoms with Gasteiger partial charge in [0.2, 0.25) is 0 Å². The van der Waals surface area contributed by atoms with E-state index in [-0.39, 0.29) is 5.75 Å². The molecule has 0 spiro atoms. The van der Waals surface area contributed by atoms with Crippen molar-refractivity contribution < 1.29 is 9.32 Å². The number of nitrogens with zero attached hydrogens (tertiary/aromatic N) is 1. The highest BCUT2D eigenvalue weighted by Gasteiger charge is 2.12. The molecule has 0 heterocycles. The Morgan fingerprint density at radius 3 is 2.53 bits per heavy atom. The maximum Gasteiger partial charge on any atom is 0.116 e. The van der Waals surface area contributed by atoms with Gasteiger partial charge in [-0.1, -0.05) is 24.3 Å². The molecule has 0 aliphatic carbocycles. The van der Waals surface area contributed by atoms with Gasteiger partial charge in [-0.2, -0.15) is 0 Å². The number of rotatable bonds is 4. The molecule has 2 aromatic carbocycles. The van der Waals surface area contributed by atoms with Crippen molar-refractivity contribution in [2.75, 3.05) is 14.1 Å². The van der Waals surface area contributed by atoms with Gasteiger partial charge in [0.05, 0.1) is 10.8 Å². The highest BCUT2D eigenvalue weighted by molar-refractivity contribution is 7.85. The highest BCUT2D eigenvalue weighted by Crippen LogP contribution is 2.23. The quantitative estimate of drug-likeness (QED) is 0.932. The molecule has 0 fully saturated rings. The summed E-state index contributed by atoms with van der Waals surface area (Å²) in [4.78, 5) is 3.45. The Kier molecular flexibility index (Phi) is 4.35. The van der Waals surface area contributed by atoms with E-state index >= 15 is 0 Å². The van der Waals surface area contributed by atoms with Gasteiger partial charge in [0.1, 0.15) is 5.75 Å². The molecular weight excluding hydrogens is 258 g/mol. The molecule has 1 N–H and O–H groups in total. The summed E-state index contributed by atoms with van der Waals surface area (Å²) in [6.45, 7) is 0.737. The van der Waals surface area contributed by atoms with Crippen molar-refractivity contribution in [1.82, 2.24) is 4.90 Å². The SMILES string of the molecule is CN(C)Cc1ccccc1S(=O)c1cccc(O)c1. The van der Waals surface area contributed by atoms with Gasteiger partial charge in [0.15, 0.2) is 0 Å². The van der Waals surface area contributed by atoms with Crippen molar-refractivity contribution >= 4 is 10.8 Å². The Morgan fingerprint density at radius 1 is 1.11 bits per heavy atom. The van der Waals surface area contributed by atoms with Gasteiger partial charge < -0.3 is 10.0 Å². The fraction of sp³-hybridized carbons (Fsp3) is 0.200. The number of hydrogen-bond acceptors (Lipinski definition) is 3. The number of hydrogen-bond donors (Lipinski definition) is 1. The normalized spacial score (nSPS) is 12.6. The van der Waals surface area contributed by atoms with E-state index in [1.165, 1.54) is 0 Å². The molecule has 0 radical (unpaired) electrons. The predicted molar refractivity (Wildman–Crippen MR) is 76.6 cm³/mol. The smallest absolute Gasteiger partial charge is 0.116 e. The lowest BCUT2D eigenvalue weighted by atomic mass is 10.2. The second-order valence-corrected chi connectivity index (χ2v) is 6.06. The van der Waals surface area contributed by atoms with Crippen LogP contribution in [0.4, 0.5) is 0 Å². The molecule has 1 atom stereocenters. The van der Waals surface area contributed by atoms with E-state index in [4.69, 9.17) is 0 Å². The first-order chi connectivity index (χ1) is 9.08. The largest absolute Gasteiger partial charge is 0.508 e. The average Bonchev–Trinajstić information content (AvgIpc) is 2.38. The first kappa shape index (κ1) is 13.8. The van der Waals surface area contributed by atoms with Crippen molar-refractivity contribution in [3.8, 4) is 5.75 Å². The summed E-state index contributed by atoms with van der Waals surface area (Å²) >= 11 is 0. The van der Waals surface area contributed by atoms with E-state index in [2.05, 4.69) is 0 Å².